The molecule has 0 radical (unpaired) electrons. The van der Waals surface area contributed by atoms with Crippen molar-refractivity contribution in [2.24, 2.45) is 0 Å². The van der Waals surface area contributed by atoms with Gasteiger partial charge in [-0.15, -0.1) is 0 Å². The molecule has 0 aromatic heterocycles. The molecule has 1 aromatic carbocycles. The number of rotatable bonds is 5. The topological polar surface area (TPSA) is 38.8 Å². The second-order valence-electron chi connectivity index (χ2n) is 4.67. The Hall–Kier alpha value is -0.500. The number of benzene rings is 1. The van der Waals surface area contributed by atoms with Gasteiger partial charge >= 0.3 is 0 Å². The molecule has 0 aliphatic carbocycles. The summed E-state index contributed by atoms with van der Waals surface area (Å²) in [7, 11) is 3.36. The minimum Gasteiger partial charge on any atom is -0.377 e. The van der Waals surface area contributed by atoms with Gasteiger partial charge in [0.05, 0.1) is 18.8 Å². The van der Waals surface area contributed by atoms with Crippen LogP contribution < -0.4 is 0 Å². The molecule has 1 aromatic rings. The molecule has 2 atom stereocenters. The van der Waals surface area contributed by atoms with Crippen LogP contribution in [0.2, 0.25) is 0 Å². The van der Waals surface area contributed by atoms with Gasteiger partial charge in [0.15, 0.2) is 5.78 Å². The van der Waals surface area contributed by atoms with Gasteiger partial charge < -0.3 is 9.47 Å². The number of carbonyl (C=O) groups excluding carboxylic acids is 1. The number of likely N-dealkylation sites (tertiary alicyclic amines) is 1. The van der Waals surface area contributed by atoms with E-state index in [9.17, 15) is 4.79 Å². The fourth-order valence-corrected chi connectivity index (χ4v) is 2.69. The summed E-state index contributed by atoms with van der Waals surface area (Å²) in [6.45, 7) is 1.90. The highest BCUT2D eigenvalue weighted by atomic mass is 127. The summed E-state index contributed by atoms with van der Waals surface area (Å²) in [5, 5.41) is 0. The minimum absolute atomic E-state index is 0.0505. The molecule has 0 amide bonds. The summed E-state index contributed by atoms with van der Waals surface area (Å²) in [5.74, 6) is 0.142. The Balaban J connectivity index is 1.95. The monoisotopic (exact) mass is 375 g/mol. The van der Waals surface area contributed by atoms with Gasteiger partial charge in [-0.25, -0.2) is 0 Å². The molecule has 2 rings (SSSR count). The SMILES string of the molecule is COC1CN(CC(=O)c2ccc(I)cc2)CC1OC. The van der Waals surface area contributed by atoms with Crippen molar-refractivity contribution in [3.8, 4) is 0 Å². The number of ketones is 1. The normalized spacial score (nSPS) is 23.7. The first-order chi connectivity index (χ1) is 9.13. The summed E-state index contributed by atoms with van der Waals surface area (Å²) in [5.41, 5.74) is 0.759. The smallest absolute Gasteiger partial charge is 0.176 e. The first kappa shape index (κ1) is 14.9. The highest BCUT2D eigenvalue weighted by molar-refractivity contribution is 14.1. The summed E-state index contributed by atoms with van der Waals surface area (Å²) in [6, 6.07) is 7.66. The van der Waals surface area contributed by atoms with Gasteiger partial charge in [-0.2, -0.15) is 0 Å². The Bertz CT molecular complexity index is 423. The highest BCUT2D eigenvalue weighted by Gasteiger charge is 2.33. The van der Waals surface area contributed by atoms with Gasteiger partial charge in [0.25, 0.3) is 0 Å². The van der Waals surface area contributed by atoms with Crippen LogP contribution in [0.25, 0.3) is 0 Å². The molecule has 1 heterocycles. The molecule has 0 N–H and O–H groups in total. The molecule has 5 heteroatoms. The van der Waals surface area contributed by atoms with Gasteiger partial charge in [-0.1, -0.05) is 12.1 Å². The van der Waals surface area contributed by atoms with E-state index in [4.69, 9.17) is 9.47 Å². The van der Waals surface area contributed by atoms with E-state index in [2.05, 4.69) is 27.5 Å². The van der Waals surface area contributed by atoms with E-state index in [-0.39, 0.29) is 18.0 Å². The maximum absolute atomic E-state index is 12.2. The Morgan fingerprint density at radius 1 is 1.21 bits per heavy atom. The average molecular weight is 375 g/mol. The van der Waals surface area contributed by atoms with E-state index in [0.29, 0.717) is 6.54 Å². The van der Waals surface area contributed by atoms with Crippen molar-refractivity contribution in [1.29, 1.82) is 0 Å². The van der Waals surface area contributed by atoms with Gasteiger partial charge in [0, 0.05) is 36.4 Å². The van der Waals surface area contributed by atoms with Crippen LogP contribution in [0.3, 0.4) is 0 Å². The van der Waals surface area contributed by atoms with Crippen LogP contribution in [0.1, 0.15) is 10.4 Å². The number of carbonyl (C=O) groups is 1. The molecular formula is C14H18INO3. The quantitative estimate of drug-likeness (QED) is 0.582. The number of Topliss-reactive ketones (excluding diaryl/α,β-unsaturated/α-hetero) is 1. The zero-order valence-electron chi connectivity index (χ0n) is 11.1. The average Bonchev–Trinajstić information content (AvgIpc) is 2.81. The van der Waals surface area contributed by atoms with Crippen molar-refractivity contribution in [2.45, 2.75) is 12.2 Å². The van der Waals surface area contributed by atoms with E-state index >= 15 is 0 Å². The number of halogens is 1. The Morgan fingerprint density at radius 2 is 1.74 bits per heavy atom. The Kier molecular flexibility index (Phi) is 5.32. The lowest BCUT2D eigenvalue weighted by atomic mass is 10.1. The van der Waals surface area contributed by atoms with E-state index in [1.54, 1.807) is 14.2 Å². The minimum atomic E-state index is 0.0505. The number of ether oxygens (including phenoxy) is 2. The van der Waals surface area contributed by atoms with Crippen molar-refractivity contribution in [3.05, 3.63) is 33.4 Å². The van der Waals surface area contributed by atoms with Crippen LogP contribution in [-0.4, -0.2) is 56.7 Å². The molecule has 1 aliphatic rings. The van der Waals surface area contributed by atoms with Crippen LogP contribution >= 0.6 is 22.6 Å². The second-order valence-corrected chi connectivity index (χ2v) is 5.92. The molecule has 1 aliphatic heterocycles. The third-order valence-electron chi connectivity index (χ3n) is 3.43. The third kappa shape index (κ3) is 3.75. The molecule has 1 saturated heterocycles. The summed E-state index contributed by atoms with van der Waals surface area (Å²) >= 11 is 2.23. The first-order valence-corrected chi connectivity index (χ1v) is 7.28. The van der Waals surface area contributed by atoms with Gasteiger partial charge in [0.1, 0.15) is 0 Å². The van der Waals surface area contributed by atoms with Crippen molar-refractivity contribution in [1.82, 2.24) is 4.90 Å². The highest BCUT2D eigenvalue weighted by Crippen LogP contribution is 2.16. The molecular weight excluding hydrogens is 357 g/mol. The van der Waals surface area contributed by atoms with Gasteiger partial charge in [-0.05, 0) is 34.7 Å². The lowest BCUT2D eigenvalue weighted by Crippen LogP contribution is -2.29. The molecule has 19 heavy (non-hydrogen) atoms. The predicted octanol–water partition coefficient (Wildman–Crippen LogP) is 1.82. The number of methoxy groups -OCH3 is 2. The molecule has 0 spiro atoms. The van der Waals surface area contributed by atoms with Crippen molar-refractivity contribution in [3.63, 3.8) is 0 Å². The molecule has 4 nitrogen and oxygen atoms in total. The van der Waals surface area contributed by atoms with Crippen LogP contribution in [0.15, 0.2) is 24.3 Å². The van der Waals surface area contributed by atoms with Crippen molar-refractivity contribution in [2.75, 3.05) is 33.9 Å². The Morgan fingerprint density at radius 3 is 2.21 bits per heavy atom. The molecule has 1 fully saturated rings. The lowest BCUT2D eigenvalue weighted by molar-refractivity contribution is -0.00461. The number of hydrogen-bond acceptors (Lipinski definition) is 4. The summed E-state index contributed by atoms with van der Waals surface area (Å²) in [6.07, 6.45) is 0.101. The van der Waals surface area contributed by atoms with Crippen LogP contribution in [0.5, 0.6) is 0 Å². The zero-order valence-corrected chi connectivity index (χ0v) is 13.3. The lowest BCUT2D eigenvalue weighted by Gasteiger charge is -2.13. The summed E-state index contributed by atoms with van der Waals surface area (Å²) in [4.78, 5) is 14.3. The Labute approximate surface area is 127 Å². The molecule has 104 valence electrons. The largest absolute Gasteiger partial charge is 0.377 e. The van der Waals surface area contributed by atoms with Crippen LogP contribution in [0.4, 0.5) is 0 Å². The fraction of sp³-hybridized carbons (Fsp3) is 0.500. The summed E-state index contributed by atoms with van der Waals surface area (Å²) < 4.78 is 11.9. The maximum atomic E-state index is 12.2. The van der Waals surface area contributed by atoms with Crippen molar-refractivity contribution >= 4 is 28.4 Å². The predicted molar refractivity (Wildman–Crippen MR) is 81.5 cm³/mol. The molecule has 0 bridgehead atoms. The van der Waals surface area contributed by atoms with Gasteiger partial charge in [0.2, 0.25) is 0 Å². The second kappa shape index (κ2) is 6.78. The van der Waals surface area contributed by atoms with E-state index < -0.39 is 0 Å². The van der Waals surface area contributed by atoms with Crippen LogP contribution in [-0.2, 0) is 9.47 Å². The third-order valence-corrected chi connectivity index (χ3v) is 4.15. The number of hydrogen-bond donors (Lipinski definition) is 0. The van der Waals surface area contributed by atoms with E-state index in [0.717, 1.165) is 22.2 Å². The molecule has 0 saturated carbocycles. The zero-order chi connectivity index (χ0) is 13.8. The number of nitrogens with zero attached hydrogens (tertiary/aromatic N) is 1. The van der Waals surface area contributed by atoms with Crippen molar-refractivity contribution < 1.29 is 14.3 Å². The molecule has 2 unspecified atom stereocenters. The van der Waals surface area contributed by atoms with E-state index in [1.165, 1.54) is 0 Å². The van der Waals surface area contributed by atoms with E-state index in [1.807, 2.05) is 24.3 Å². The van der Waals surface area contributed by atoms with Crippen LogP contribution in [0, 0.1) is 3.57 Å². The first-order valence-electron chi connectivity index (χ1n) is 6.20. The fourth-order valence-electron chi connectivity index (χ4n) is 2.33. The standard InChI is InChI=1S/C14H18INO3/c1-18-13-8-16(9-14(13)19-2)7-12(17)10-3-5-11(15)6-4-10/h3-6,13-14H,7-9H2,1-2H3. The van der Waals surface area contributed by atoms with Gasteiger partial charge in [-0.3, -0.25) is 9.69 Å². The maximum Gasteiger partial charge on any atom is 0.176 e.